The van der Waals surface area contributed by atoms with Gasteiger partial charge in [-0.1, -0.05) is 26.0 Å². The Kier molecular flexibility index (Phi) is 6.23. The van der Waals surface area contributed by atoms with E-state index in [1.54, 1.807) is 12.1 Å². The van der Waals surface area contributed by atoms with Crippen molar-refractivity contribution in [3.8, 4) is 0 Å². The smallest absolute Gasteiger partial charge is 0.243 e. The SMILES string of the molecule is CC(C)c1ccc(S(=O)(=O)N2CCN(C(=O)[C@H]3CCN[C@@H](C)C3)CC2)cc1. The van der Waals surface area contributed by atoms with Gasteiger partial charge in [-0.2, -0.15) is 4.31 Å². The second-order valence-electron chi connectivity index (χ2n) is 8.03. The van der Waals surface area contributed by atoms with Crippen LogP contribution in [0.15, 0.2) is 29.2 Å². The highest BCUT2D eigenvalue weighted by Crippen LogP contribution is 2.23. The summed E-state index contributed by atoms with van der Waals surface area (Å²) in [5.41, 5.74) is 1.13. The third kappa shape index (κ3) is 4.52. The Morgan fingerprint density at radius 1 is 1.11 bits per heavy atom. The molecule has 2 aliphatic rings. The van der Waals surface area contributed by atoms with Crippen LogP contribution in [0.4, 0.5) is 0 Å². The summed E-state index contributed by atoms with van der Waals surface area (Å²) in [6.07, 6.45) is 1.73. The number of carbonyl (C=O) groups excluding carboxylic acids is 1. The molecular formula is C20H31N3O3S. The molecule has 1 N–H and O–H groups in total. The van der Waals surface area contributed by atoms with Crippen LogP contribution in [-0.2, 0) is 14.8 Å². The van der Waals surface area contributed by atoms with E-state index in [-0.39, 0.29) is 11.8 Å². The molecule has 2 heterocycles. The molecule has 2 fully saturated rings. The Labute approximate surface area is 163 Å². The summed E-state index contributed by atoms with van der Waals surface area (Å²) in [5.74, 6) is 0.615. The van der Waals surface area contributed by atoms with Crippen molar-refractivity contribution in [3.63, 3.8) is 0 Å². The number of piperazine rings is 1. The summed E-state index contributed by atoms with van der Waals surface area (Å²) in [4.78, 5) is 14.9. The highest BCUT2D eigenvalue weighted by Gasteiger charge is 2.33. The van der Waals surface area contributed by atoms with Gasteiger partial charge >= 0.3 is 0 Å². The fraction of sp³-hybridized carbons (Fsp3) is 0.650. The molecule has 0 saturated carbocycles. The van der Waals surface area contributed by atoms with Gasteiger partial charge in [0.25, 0.3) is 0 Å². The molecule has 6 nitrogen and oxygen atoms in total. The third-order valence-corrected chi connectivity index (χ3v) is 7.62. The van der Waals surface area contributed by atoms with Crippen molar-refractivity contribution in [1.82, 2.24) is 14.5 Å². The molecule has 1 aromatic rings. The van der Waals surface area contributed by atoms with Crippen molar-refractivity contribution in [2.75, 3.05) is 32.7 Å². The Hall–Kier alpha value is -1.44. The number of carbonyl (C=O) groups is 1. The molecule has 0 unspecified atom stereocenters. The summed E-state index contributed by atoms with van der Waals surface area (Å²) in [5, 5.41) is 3.37. The van der Waals surface area contributed by atoms with E-state index in [1.165, 1.54) is 4.31 Å². The van der Waals surface area contributed by atoms with E-state index in [1.807, 2.05) is 17.0 Å². The summed E-state index contributed by atoms with van der Waals surface area (Å²) in [6.45, 7) is 8.82. The minimum atomic E-state index is -3.50. The lowest BCUT2D eigenvalue weighted by Gasteiger charge is -2.37. The Bertz CT molecular complexity index is 753. The predicted molar refractivity (Wildman–Crippen MR) is 106 cm³/mol. The topological polar surface area (TPSA) is 69.7 Å². The molecule has 3 rings (SSSR count). The van der Waals surface area contributed by atoms with Crippen LogP contribution in [0.2, 0.25) is 0 Å². The van der Waals surface area contributed by atoms with Gasteiger partial charge in [0, 0.05) is 38.1 Å². The van der Waals surface area contributed by atoms with Gasteiger partial charge in [-0.25, -0.2) is 8.42 Å². The molecular weight excluding hydrogens is 362 g/mol. The molecule has 2 aliphatic heterocycles. The molecule has 150 valence electrons. The van der Waals surface area contributed by atoms with E-state index in [2.05, 4.69) is 26.1 Å². The second kappa shape index (κ2) is 8.29. The summed E-state index contributed by atoms with van der Waals surface area (Å²) in [7, 11) is -3.50. The number of rotatable bonds is 4. The van der Waals surface area contributed by atoms with Crippen LogP contribution < -0.4 is 5.32 Å². The molecule has 0 bridgehead atoms. The highest BCUT2D eigenvalue weighted by molar-refractivity contribution is 7.89. The Balaban J connectivity index is 1.61. The summed E-state index contributed by atoms with van der Waals surface area (Å²) in [6, 6.07) is 7.52. The van der Waals surface area contributed by atoms with Crippen molar-refractivity contribution in [1.29, 1.82) is 0 Å². The van der Waals surface area contributed by atoms with E-state index in [0.29, 0.717) is 43.0 Å². The van der Waals surface area contributed by atoms with Crippen LogP contribution >= 0.6 is 0 Å². The fourth-order valence-electron chi connectivity index (χ4n) is 3.94. The normalized spacial score (nSPS) is 25.0. The van der Waals surface area contributed by atoms with E-state index >= 15 is 0 Å². The average Bonchev–Trinajstić information content (AvgIpc) is 2.67. The van der Waals surface area contributed by atoms with Gasteiger partial charge in [0.1, 0.15) is 0 Å². The van der Waals surface area contributed by atoms with Gasteiger partial charge in [-0.15, -0.1) is 0 Å². The first-order valence-electron chi connectivity index (χ1n) is 9.91. The van der Waals surface area contributed by atoms with Gasteiger partial charge in [0.05, 0.1) is 4.90 Å². The highest BCUT2D eigenvalue weighted by atomic mass is 32.2. The van der Waals surface area contributed by atoms with Gasteiger partial charge in [0.2, 0.25) is 15.9 Å². The first kappa shape index (κ1) is 20.3. The van der Waals surface area contributed by atoms with Crippen molar-refractivity contribution in [2.45, 2.75) is 50.5 Å². The number of benzene rings is 1. The zero-order valence-corrected chi connectivity index (χ0v) is 17.3. The van der Waals surface area contributed by atoms with E-state index in [9.17, 15) is 13.2 Å². The quantitative estimate of drug-likeness (QED) is 0.850. The first-order chi connectivity index (χ1) is 12.8. The number of nitrogens with zero attached hydrogens (tertiary/aromatic N) is 2. The predicted octanol–water partition coefficient (Wildman–Crippen LogP) is 2.03. The molecule has 1 aromatic carbocycles. The van der Waals surface area contributed by atoms with Gasteiger partial charge < -0.3 is 10.2 Å². The molecule has 27 heavy (non-hydrogen) atoms. The maximum atomic E-state index is 12.9. The zero-order chi connectivity index (χ0) is 19.6. The number of piperidine rings is 1. The van der Waals surface area contributed by atoms with Crippen LogP contribution in [0.5, 0.6) is 0 Å². The standard InChI is InChI=1S/C20H31N3O3S/c1-15(2)17-4-6-19(7-5-17)27(25,26)23-12-10-22(11-13-23)20(24)18-8-9-21-16(3)14-18/h4-7,15-16,18,21H,8-14H2,1-3H3/t16-,18-/m0/s1. The lowest BCUT2D eigenvalue weighted by molar-refractivity contribution is -0.137. The number of sulfonamides is 1. The van der Waals surface area contributed by atoms with Crippen LogP contribution in [0.3, 0.4) is 0 Å². The molecule has 7 heteroatoms. The van der Waals surface area contributed by atoms with Crippen LogP contribution in [0, 0.1) is 5.92 Å². The van der Waals surface area contributed by atoms with Crippen molar-refractivity contribution in [2.24, 2.45) is 5.92 Å². The average molecular weight is 394 g/mol. The second-order valence-corrected chi connectivity index (χ2v) is 9.97. The van der Waals surface area contributed by atoms with E-state index in [0.717, 1.165) is 24.9 Å². The number of hydrogen-bond acceptors (Lipinski definition) is 4. The van der Waals surface area contributed by atoms with Crippen molar-refractivity contribution < 1.29 is 13.2 Å². The minimum absolute atomic E-state index is 0.0629. The number of hydrogen-bond donors (Lipinski definition) is 1. The largest absolute Gasteiger partial charge is 0.340 e. The molecule has 0 spiro atoms. The Morgan fingerprint density at radius 2 is 1.74 bits per heavy atom. The maximum absolute atomic E-state index is 12.9. The minimum Gasteiger partial charge on any atom is -0.340 e. The van der Waals surface area contributed by atoms with Crippen molar-refractivity contribution in [3.05, 3.63) is 29.8 Å². The van der Waals surface area contributed by atoms with E-state index < -0.39 is 10.0 Å². The van der Waals surface area contributed by atoms with Crippen LogP contribution in [0.25, 0.3) is 0 Å². The molecule has 2 saturated heterocycles. The van der Waals surface area contributed by atoms with Gasteiger partial charge in [-0.3, -0.25) is 4.79 Å². The number of amides is 1. The monoisotopic (exact) mass is 393 g/mol. The molecule has 1 amide bonds. The molecule has 2 atom stereocenters. The molecule has 0 aliphatic carbocycles. The van der Waals surface area contributed by atoms with E-state index in [4.69, 9.17) is 0 Å². The first-order valence-corrected chi connectivity index (χ1v) is 11.4. The molecule has 0 aromatic heterocycles. The van der Waals surface area contributed by atoms with Gasteiger partial charge in [0.15, 0.2) is 0 Å². The van der Waals surface area contributed by atoms with Crippen molar-refractivity contribution >= 4 is 15.9 Å². The fourth-order valence-corrected chi connectivity index (χ4v) is 5.36. The summed E-state index contributed by atoms with van der Waals surface area (Å²) < 4.78 is 27.3. The lowest BCUT2D eigenvalue weighted by atomic mass is 9.92. The summed E-state index contributed by atoms with van der Waals surface area (Å²) >= 11 is 0. The Morgan fingerprint density at radius 3 is 2.30 bits per heavy atom. The van der Waals surface area contributed by atoms with Gasteiger partial charge in [-0.05, 0) is 49.9 Å². The van der Waals surface area contributed by atoms with Crippen LogP contribution in [-0.4, -0.2) is 62.3 Å². The molecule has 0 radical (unpaired) electrons. The number of nitrogens with one attached hydrogen (secondary N) is 1. The van der Waals surface area contributed by atoms with Crippen LogP contribution in [0.1, 0.15) is 45.1 Å². The maximum Gasteiger partial charge on any atom is 0.243 e. The zero-order valence-electron chi connectivity index (χ0n) is 16.5. The third-order valence-electron chi connectivity index (χ3n) is 5.71. The lowest BCUT2D eigenvalue weighted by Crippen LogP contribution is -2.53.